The Labute approximate surface area is 187 Å². The topological polar surface area (TPSA) is 69.1 Å². The van der Waals surface area contributed by atoms with Gasteiger partial charge in [0.05, 0.1) is 12.1 Å². The molecule has 0 saturated carbocycles. The Hall–Kier alpha value is -0.900. The average molecular weight is 504 g/mol. The molecule has 2 rings (SSSR count). The van der Waals surface area contributed by atoms with E-state index in [1.807, 2.05) is 0 Å². The lowest BCUT2D eigenvalue weighted by atomic mass is 9.95. The highest BCUT2D eigenvalue weighted by atomic mass is 127. The van der Waals surface area contributed by atoms with E-state index in [0.717, 1.165) is 32.0 Å². The first-order valence-corrected chi connectivity index (χ1v) is 10.1. The maximum absolute atomic E-state index is 10.6. The summed E-state index contributed by atoms with van der Waals surface area (Å²) in [5.74, 6) is 0.773. The summed E-state index contributed by atoms with van der Waals surface area (Å²) in [4.78, 5) is 6.96. The van der Waals surface area contributed by atoms with Gasteiger partial charge in [-0.15, -0.1) is 24.0 Å². The summed E-state index contributed by atoms with van der Waals surface area (Å²) in [6.45, 7) is 8.53. The van der Waals surface area contributed by atoms with Crippen LogP contribution in [0.1, 0.15) is 38.7 Å². The Bertz CT molecular complexity index is 565. The number of aliphatic hydroxyl groups is 1. The van der Waals surface area contributed by atoms with Crippen molar-refractivity contribution in [2.45, 2.75) is 51.3 Å². The van der Waals surface area contributed by atoms with Gasteiger partial charge in [-0.2, -0.15) is 0 Å². The van der Waals surface area contributed by atoms with Crippen LogP contribution in [0.15, 0.2) is 35.3 Å². The number of hydrogen-bond acceptors (Lipinski definition) is 4. The molecule has 7 heteroatoms. The molecule has 0 radical (unpaired) electrons. The summed E-state index contributed by atoms with van der Waals surface area (Å²) in [7, 11) is 2.16. The lowest BCUT2D eigenvalue weighted by Gasteiger charge is -2.30. The van der Waals surface area contributed by atoms with E-state index in [1.54, 1.807) is 0 Å². The summed E-state index contributed by atoms with van der Waals surface area (Å²) in [5.41, 5.74) is 0.600. The molecular formula is C21H37IN4O2. The third-order valence-electron chi connectivity index (χ3n) is 5.18. The molecule has 0 spiro atoms. The molecule has 1 heterocycles. The van der Waals surface area contributed by atoms with Crippen molar-refractivity contribution >= 4 is 29.9 Å². The van der Waals surface area contributed by atoms with Crippen LogP contribution in [0, 0.1) is 0 Å². The molecule has 160 valence electrons. The van der Waals surface area contributed by atoms with Crippen LogP contribution >= 0.6 is 24.0 Å². The Kier molecular flexibility index (Phi) is 12.0. The van der Waals surface area contributed by atoms with Gasteiger partial charge >= 0.3 is 0 Å². The van der Waals surface area contributed by atoms with Gasteiger partial charge in [-0.1, -0.05) is 30.3 Å². The third kappa shape index (κ3) is 9.07. The fraction of sp³-hybridized carbons (Fsp3) is 0.667. The molecule has 0 aliphatic carbocycles. The number of halogens is 1. The number of rotatable bonds is 9. The molecule has 1 saturated heterocycles. The van der Waals surface area contributed by atoms with Gasteiger partial charge in [-0.3, -0.25) is 9.89 Å². The smallest absolute Gasteiger partial charge is 0.191 e. The third-order valence-corrected chi connectivity index (χ3v) is 5.18. The number of nitrogens with zero attached hydrogens (tertiary/aromatic N) is 2. The minimum absolute atomic E-state index is 0. The molecule has 3 N–H and O–H groups in total. The van der Waals surface area contributed by atoms with Crippen LogP contribution in [0.4, 0.5) is 0 Å². The van der Waals surface area contributed by atoms with Crippen molar-refractivity contribution in [2.75, 3.05) is 39.9 Å². The fourth-order valence-corrected chi connectivity index (χ4v) is 3.12. The van der Waals surface area contributed by atoms with Gasteiger partial charge in [-0.25, -0.2) is 0 Å². The molecule has 0 aromatic heterocycles. The molecule has 1 atom stereocenters. The predicted octanol–water partition coefficient (Wildman–Crippen LogP) is 2.61. The summed E-state index contributed by atoms with van der Waals surface area (Å²) in [6.07, 6.45) is 2.32. The Morgan fingerprint density at radius 2 is 1.93 bits per heavy atom. The van der Waals surface area contributed by atoms with Crippen molar-refractivity contribution < 1.29 is 9.84 Å². The summed E-state index contributed by atoms with van der Waals surface area (Å²) in [6, 6.07) is 11.0. The predicted molar refractivity (Wildman–Crippen MR) is 126 cm³/mol. The monoisotopic (exact) mass is 504 g/mol. The minimum atomic E-state index is -0.732. The highest BCUT2D eigenvalue weighted by Crippen LogP contribution is 2.20. The number of nitrogens with one attached hydrogen (secondary N) is 2. The van der Waals surface area contributed by atoms with Crippen molar-refractivity contribution in [3.8, 4) is 0 Å². The number of guanidine groups is 1. The second kappa shape index (κ2) is 13.3. The highest BCUT2D eigenvalue weighted by Gasteiger charge is 2.29. The van der Waals surface area contributed by atoms with Gasteiger partial charge in [0.15, 0.2) is 5.96 Å². The van der Waals surface area contributed by atoms with E-state index < -0.39 is 5.60 Å². The Morgan fingerprint density at radius 1 is 1.25 bits per heavy atom. The first-order valence-electron chi connectivity index (χ1n) is 10.1. The van der Waals surface area contributed by atoms with E-state index in [4.69, 9.17) is 4.74 Å². The normalized spacial score (nSPS) is 17.7. The molecule has 1 aromatic rings. The first kappa shape index (κ1) is 25.1. The molecule has 28 heavy (non-hydrogen) atoms. The average Bonchev–Trinajstić information content (AvgIpc) is 2.67. The fourth-order valence-electron chi connectivity index (χ4n) is 3.12. The maximum atomic E-state index is 10.6. The Balaban J connectivity index is 0.00000392. The minimum Gasteiger partial charge on any atom is -0.388 e. The zero-order chi connectivity index (χ0) is 19.5. The van der Waals surface area contributed by atoms with Crippen molar-refractivity contribution in [3.63, 3.8) is 0 Å². The quantitative estimate of drug-likeness (QED) is 0.274. The Morgan fingerprint density at radius 3 is 2.57 bits per heavy atom. The second-order valence-electron chi connectivity index (χ2n) is 7.50. The van der Waals surface area contributed by atoms with Crippen molar-refractivity contribution in [1.29, 1.82) is 0 Å². The second-order valence-corrected chi connectivity index (χ2v) is 7.50. The summed E-state index contributed by atoms with van der Waals surface area (Å²) >= 11 is 0. The molecular weight excluding hydrogens is 467 g/mol. The maximum Gasteiger partial charge on any atom is 0.191 e. The number of aliphatic imine (C=N–C) groups is 1. The van der Waals surface area contributed by atoms with Gasteiger partial charge in [0.25, 0.3) is 0 Å². The van der Waals surface area contributed by atoms with Crippen LogP contribution in [0.25, 0.3) is 0 Å². The van der Waals surface area contributed by atoms with Crippen LogP contribution in [0.5, 0.6) is 0 Å². The number of hydrogen-bond donors (Lipinski definition) is 3. The molecule has 6 nitrogen and oxygen atoms in total. The molecule has 1 unspecified atom stereocenters. The van der Waals surface area contributed by atoms with E-state index in [2.05, 4.69) is 71.8 Å². The van der Waals surface area contributed by atoms with Gasteiger partial charge < -0.3 is 20.5 Å². The van der Waals surface area contributed by atoms with E-state index in [0.29, 0.717) is 38.6 Å². The number of ether oxygens (including phenoxy) is 1. The summed E-state index contributed by atoms with van der Waals surface area (Å²) < 4.78 is 5.33. The van der Waals surface area contributed by atoms with Gasteiger partial charge in [0, 0.05) is 51.7 Å². The molecule has 0 bridgehead atoms. The van der Waals surface area contributed by atoms with Gasteiger partial charge in [-0.05, 0) is 32.9 Å². The SMILES string of the molecule is CCNC(=NCC1(O)CCOCC1)NCCC(C)N(C)Cc1ccccc1.I. The standard InChI is InChI=1S/C21H36N4O2.HI/c1-4-22-20(24-17-21(26)11-14-27-15-12-21)23-13-10-18(2)25(3)16-19-8-6-5-7-9-19;/h5-9,18,26H,4,10-17H2,1-3H3,(H2,22,23,24);1H. The van der Waals surface area contributed by atoms with E-state index in [1.165, 1.54) is 5.56 Å². The molecule has 1 aromatic carbocycles. The zero-order valence-corrected chi connectivity index (χ0v) is 19.8. The largest absolute Gasteiger partial charge is 0.388 e. The van der Waals surface area contributed by atoms with Crippen LogP contribution in [0.2, 0.25) is 0 Å². The highest BCUT2D eigenvalue weighted by molar-refractivity contribution is 14.0. The molecule has 0 amide bonds. The van der Waals surface area contributed by atoms with Crippen LogP contribution in [-0.2, 0) is 11.3 Å². The van der Waals surface area contributed by atoms with Gasteiger partial charge in [0.2, 0.25) is 0 Å². The molecule has 1 aliphatic heterocycles. The van der Waals surface area contributed by atoms with E-state index >= 15 is 0 Å². The van der Waals surface area contributed by atoms with Crippen molar-refractivity contribution in [2.24, 2.45) is 4.99 Å². The lowest BCUT2D eigenvalue weighted by molar-refractivity contribution is -0.0565. The van der Waals surface area contributed by atoms with Crippen molar-refractivity contribution in [1.82, 2.24) is 15.5 Å². The van der Waals surface area contributed by atoms with E-state index in [9.17, 15) is 5.11 Å². The zero-order valence-electron chi connectivity index (χ0n) is 17.5. The summed E-state index contributed by atoms with van der Waals surface area (Å²) in [5, 5.41) is 17.2. The first-order chi connectivity index (χ1) is 13.0. The molecule has 1 aliphatic rings. The molecule has 1 fully saturated rings. The lowest BCUT2D eigenvalue weighted by Crippen LogP contribution is -2.43. The van der Waals surface area contributed by atoms with Crippen LogP contribution < -0.4 is 10.6 Å². The van der Waals surface area contributed by atoms with Crippen molar-refractivity contribution in [3.05, 3.63) is 35.9 Å². The van der Waals surface area contributed by atoms with E-state index in [-0.39, 0.29) is 24.0 Å². The van der Waals surface area contributed by atoms with Crippen LogP contribution in [0.3, 0.4) is 0 Å². The van der Waals surface area contributed by atoms with Crippen LogP contribution in [-0.4, -0.2) is 67.5 Å². The van der Waals surface area contributed by atoms with Gasteiger partial charge in [0.1, 0.15) is 0 Å². The number of benzene rings is 1.